The van der Waals surface area contributed by atoms with Crippen LogP contribution in [0.4, 0.5) is 4.39 Å². The average molecular weight is 290 g/mol. The highest BCUT2D eigenvalue weighted by atomic mass is 19.1. The minimum atomic E-state index is -0.859. The highest BCUT2D eigenvalue weighted by Crippen LogP contribution is 2.60. The third-order valence-corrected chi connectivity index (χ3v) is 5.37. The van der Waals surface area contributed by atoms with E-state index in [1.807, 2.05) is 31.2 Å². The molecule has 0 bridgehead atoms. The van der Waals surface area contributed by atoms with E-state index in [0.29, 0.717) is 13.0 Å². The zero-order valence-electron chi connectivity index (χ0n) is 12.4. The maximum absolute atomic E-state index is 14.1. The van der Waals surface area contributed by atoms with Crippen LogP contribution in [0.25, 0.3) is 0 Å². The molecule has 3 rings (SSSR count). The van der Waals surface area contributed by atoms with E-state index in [1.54, 1.807) is 0 Å². The van der Waals surface area contributed by atoms with E-state index < -0.39 is 11.6 Å². The van der Waals surface area contributed by atoms with Crippen LogP contribution in [0.15, 0.2) is 24.3 Å². The number of alkyl halides is 1. The van der Waals surface area contributed by atoms with Crippen LogP contribution in [0.3, 0.4) is 0 Å². The normalized spacial score (nSPS) is 35.4. The van der Waals surface area contributed by atoms with E-state index in [0.717, 1.165) is 24.9 Å². The highest BCUT2D eigenvalue weighted by molar-refractivity contribution is 5.85. The summed E-state index contributed by atoms with van der Waals surface area (Å²) in [5, 5.41) is 3.07. The predicted molar refractivity (Wildman–Crippen MR) is 80.5 cm³/mol. The molecule has 0 spiro atoms. The Morgan fingerprint density at radius 3 is 2.90 bits per heavy atom. The topological polar surface area (TPSA) is 55.1 Å². The lowest BCUT2D eigenvalue weighted by Crippen LogP contribution is -2.41. The second-order valence-electron chi connectivity index (χ2n) is 6.61. The van der Waals surface area contributed by atoms with Gasteiger partial charge in [-0.2, -0.15) is 0 Å². The first kappa shape index (κ1) is 14.5. The summed E-state index contributed by atoms with van der Waals surface area (Å²) in [6.45, 7) is 3.28. The Hall–Kier alpha value is -1.42. The van der Waals surface area contributed by atoms with Gasteiger partial charge in [0.2, 0.25) is 5.91 Å². The molecule has 0 aromatic heterocycles. The Morgan fingerprint density at radius 1 is 1.48 bits per heavy atom. The number of rotatable bonds is 4. The zero-order valence-corrected chi connectivity index (χ0v) is 12.4. The fourth-order valence-electron chi connectivity index (χ4n) is 3.91. The molecule has 1 amide bonds. The van der Waals surface area contributed by atoms with E-state index >= 15 is 0 Å². The number of nitrogens with two attached hydrogens (primary N) is 1. The van der Waals surface area contributed by atoms with Gasteiger partial charge in [0, 0.05) is 6.54 Å². The number of hydrogen-bond acceptors (Lipinski definition) is 2. The van der Waals surface area contributed by atoms with Crippen LogP contribution < -0.4 is 11.1 Å². The van der Waals surface area contributed by atoms with Crippen LogP contribution >= 0.6 is 0 Å². The maximum Gasteiger partial charge on any atom is 0.224 e. The highest BCUT2D eigenvalue weighted by Gasteiger charge is 2.62. The summed E-state index contributed by atoms with van der Waals surface area (Å²) in [5.41, 5.74) is 7.49. The van der Waals surface area contributed by atoms with Crippen molar-refractivity contribution in [2.45, 2.75) is 32.4 Å². The van der Waals surface area contributed by atoms with Crippen molar-refractivity contribution in [2.24, 2.45) is 23.0 Å². The zero-order chi connectivity index (χ0) is 15.0. The number of carbonyl (C=O) groups excluding carboxylic acids is 1. The number of piperidine rings is 1. The second-order valence-corrected chi connectivity index (χ2v) is 6.61. The Balaban J connectivity index is 1.80. The van der Waals surface area contributed by atoms with Crippen LogP contribution in [-0.4, -0.2) is 25.2 Å². The van der Waals surface area contributed by atoms with Gasteiger partial charge in [-0.3, -0.25) is 4.79 Å². The number of carbonyl (C=O) groups is 1. The van der Waals surface area contributed by atoms with E-state index in [-0.39, 0.29) is 17.7 Å². The molecule has 1 saturated carbocycles. The molecule has 21 heavy (non-hydrogen) atoms. The standard InChI is InChI=1S/C17H23FN2O/c1-11-4-2-3-5-12(11)8-17(16(19)21)9-14(17)13-6-7-20-10-15(13)18/h2-5,13-15,20H,6-10H2,1H3,(H2,19,21)/t13-,14?,15+,17?/m0/s1. The first-order valence-corrected chi connectivity index (χ1v) is 7.74. The average Bonchev–Trinajstić information content (AvgIpc) is 3.18. The van der Waals surface area contributed by atoms with E-state index in [1.165, 1.54) is 5.56 Å². The molecule has 1 aliphatic carbocycles. The fourth-order valence-corrected chi connectivity index (χ4v) is 3.91. The molecule has 1 saturated heterocycles. The van der Waals surface area contributed by atoms with Crippen LogP contribution in [-0.2, 0) is 11.2 Å². The number of halogens is 1. The van der Waals surface area contributed by atoms with Gasteiger partial charge in [0.1, 0.15) is 6.17 Å². The summed E-state index contributed by atoms with van der Waals surface area (Å²) in [6, 6.07) is 8.07. The van der Waals surface area contributed by atoms with Gasteiger partial charge in [-0.1, -0.05) is 24.3 Å². The number of nitrogens with one attached hydrogen (secondary N) is 1. The minimum Gasteiger partial charge on any atom is -0.369 e. The summed E-state index contributed by atoms with van der Waals surface area (Å²) >= 11 is 0. The molecule has 4 atom stereocenters. The Labute approximate surface area is 125 Å². The van der Waals surface area contributed by atoms with Gasteiger partial charge >= 0.3 is 0 Å². The van der Waals surface area contributed by atoms with Crippen molar-refractivity contribution in [1.29, 1.82) is 0 Å². The molecule has 2 unspecified atom stereocenters. The number of amides is 1. The third-order valence-electron chi connectivity index (χ3n) is 5.37. The Bertz CT molecular complexity index is 547. The van der Waals surface area contributed by atoms with E-state index in [4.69, 9.17) is 5.73 Å². The van der Waals surface area contributed by atoms with Crippen molar-refractivity contribution in [2.75, 3.05) is 13.1 Å². The molecule has 2 aliphatic rings. The number of hydrogen-bond donors (Lipinski definition) is 2. The molecule has 4 heteroatoms. The molecular weight excluding hydrogens is 267 g/mol. The van der Waals surface area contributed by atoms with Gasteiger partial charge in [0.25, 0.3) is 0 Å². The minimum absolute atomic E-state index is 0.0252. The summed E-state index contributed by atoms with van der Waals surface area (Å²) < 4.78 is 14.1. The van der Waals surface area contributed by atoms with Crippen LogP contribution in [0.5, 0.6) is 0 Å². The monoisotopic (exact) mass is 290 g/mol. The van der Waals surface area contributed by atoms with Crippen LogP contribution in [0, 0.1) is 24.2 Å². The summed E-state index contributed by atoms with van der Waals surface area (Å²) in [4.78, 5) is 12.0. The third kappa shape index (κ3) is 2.57. The van der Waals surface area contributed by atoms with Gasteiger partial charge in [-0.25, -0.2) is 4.39 Å². The molecule has 1 aromatic rings. The van der Waals surface area contributed by atoms with Crippen molar-refractivity contribution < 1.29 is 9.18 Å². The van der Waals surface area contributed by atoms with Gasteiger partial charge < -0.3 is 11.1 Å². The molecule has 0 radical (unpaired) electrons. The summed E-state index contributed by atoms with van der Waals surface area (Å²) in [7, 11) is 0. The van der Waals surface area contributed by atoms with Crippen LogP contribution in [0.2, 0.25) is 0 Å². The van der Waals surface area contributed by atoms with Gasteiger partial charge in [0.05, 0.1) is 5.41 Å². The molecule has 1 aromatic carbocycles. The Morgan fingerprint density at radius 2 is 2.24 bits per heavy atom. The molecular formula is C17H23FN2O. The fraction of sp³-hybridized carbons (Fsp3) is 0.588. The van der Waals surface area contributed by atoms with Crippen molar-refractivity contribution in [3.63, 3.8) is 0 Å². The smallest absolute Gasteiger partial charge is 0.224 e. The molecule has 2 fully saturated rings. The van der Waals surface area contributed by atoms with Crippen molar-refractivity contribution in [1.82, 2.24) is 5.32 Å². The SMILES string of the molecule is Cc1ccccc1CC1(C(N)=O)CC1[C@@H]1CCNC[C@H]1F. The van der Waals surface area contributed by atoms with Crippen molar-refractivity contribution in [3.05, 3.63) is 35.4 Å². The van der Waals surface area contributed by atoms with Crippen LogP contribution in [0.1, 0.15) is 24.0 Å². The first-order chi connectivity index (χ1) is 10.0. The van der Waals surface area contributed by atoms with E-state index in [2.05, 4.69) is 5.32 Å². The molecule has 1 heterocycles. The van der Waals surface area contributed by atoms with Gasteiger partial charge in [0.15, 0.2) is 0 Å². The largest absolute Gasteiger partial charge is 0.369 e. The molecule has 1 aliphatic heterocycles. The van der Waals surface area contributed by atoms with E-state index in [9.17, 15) is 9.18 Å². The van der Waals surface area contributed by atoms with Gasteiger partial charge in [-0.05, 0) is 55.7 Å². The second kappa shape index (κ2) is 5.41. The summed E-state index contributed by atoms with van der Waals surface area (Å²) in [6.07, 6.45) is 1.33. The lowest BCUT2D eigenvalue weighted by Gasteiger charge is -2.29. The lowest BCUT2D eigenvalue weighted by atomic mass is 9.83. The number of benzene rings is 1. The van der Waals surface area contributed by atoms with Gasteiger partial charge in [-0.15, -0.1) is 0 Å². The maximum atomic E-state index is 14.1. The molecule has 114 valence electrons. The number of aryl methyl sites for hydroxylation is 1. The Kier molecular flexibility index (Phi) is 3.74. The lowest BCUT2D eigenvalue weighted by molar-refractivity contribution is -0.124. The molecule has 3 nitrogen and oxygen atoms in total. The first-order valence-electron chi connectivity index (χ1n) is 7.74. The molecule has 3 N–H and O–H groups in total. The predicted octanol–water partition coefficient (Wildman–Crippen LogP) is 1.98. The quantitative estimate of drug-likeness (QED) is 0.891. The number of primary amides is 1. The van der Waals surface area contributed by atoms with Crippen molar-refractivity contribution in [3.8, 4) is 0 Å². The van der Waals surface area contributed by atoms with Crippen molar-refractivity contribution >= 4 is 5.91 Å². The summed E-state index contributed by atoms with van der Waals surface area (Å²) in [5.74, 6) is -0.184.